The molecule has 1 aromatic carbocycles. The maximum atomic E-state index is 12.7. The van der Waals surface area contributed by atoms with E-state index in [0.717, 1.165) is 25.7 Å². The zero-order chi connectivity index (χ0) is 18.7. The standard InChI is InChI=1S/C19H24ClNO4S/c1-14-6-2-3-7-15(14)13-25-19(22)17-12-16(8-9-18(17)20)26(23,24)21-10-4-5-11-21/h2-3,8-9,12,14-15H,4-7,10-11,13H2,1H3. The van der Waals surface area contributed by atoms with Crippen LogP contribution < -0.4 is 0 Å². The van der Waals surface area contributed by atoms with Crippen LogP contribution in [0.4, 0.5) is 0 Å². The minimum Gasteiger partial charge on any atom is -0.462 e. The van der Waals surface area contributed by atoms with E-state index in [2.05, 4.69) is 19.1 Å². The van der Waals surface area contributed by atoms with E-state index in [4.69, 9.17) is 16.3 Å². The molecule has 7 heteroatoms. The quantitative estimate of drug-likeness (QED) is 0.558. The van der Waals surface area contributed by atoms with E-state index in [0.29, 0.717) is 25.6 Å². The Balaban J connectivity index is 1.74. The molecule has 0 aromatic heterocycles. The van der Waals surface area contributed by atoms with Gasteiger partial charge in [0.05, 0.1) is 22.1 Å². The Bertz CT molecular complexity index is 800. The fourth-order valence-corrected chi connectivity index (χ4v) is 5.14. The molecule has 1 fully saturated rings. The summed E-state index contributed by atoms with van der Waals surface area (Å²) in [5.74, 6) is 0.152. The van der Waals surface area contributed by atoms with E-state index in [-0.39, 0.29) is 21.4 Å². The number of sulfonamides is 1. The molecule has 0 amide bonds. The second-order valence-corrected chi connectivity index (χ2v) is 9.38. The van der Waals surface area contributed by atoms with Crippen LogP contribution in [0.1, 0.15) is 43.0 Å². The number of nitrogens with zero attached hydrogens (tertiary/aromatic N) is 1. The fraction of sp³-hybridized carbons (Fsp3) is 0.526. The SMILES string of the molecule is CC1CC=CCC1COC(=O)c1cc(S(=O)(=O)N2CCCC2)ccc1Cl. The molecule has 2 aliphatic rings. The van der Waals surface area contributed by atoms with Crippen molar-refractivity contribution in [2.24, 2.45) is 11.8 Å². The lowest BCUT2D eigenvalue weighted by Gasteiger charge is -2.24. The fourth-order valence-electron chi connectivity index (χ4n) is 3.40. The first kappa shape index (κ1) is 19.4. The number of hydrogen-bond acceptors (Lipinski definition) is 4. The van der Waals surface area contributed by atoms with Gasteiger partial charge in [0.1, 0.15) is 0 Å². The van der Waals surface area contributed by atoms with E-state index < -0.39 is 16.0 Å². The summed E-state index contributed by atoms with van der Waals surface area (Å²) in [5.41, 5.74) is 0.103. The Morgan fingerprint density at radius 1 is 1.23 bits per heavy atom. The molecular formula is C19H24ClNO4S. The number of carbonyl (C=O) groups is 1. The maximum absolute atomic E-state index is 12.7. The van der Waals surface area contributed by atoms with Crippen LogP contribution in [0.3, 0.4) is 0 Å². The highest BCUT2D eigenvalue weighted by Gasteiger charge is 2.29. The maximum Gasteiger partial charge on any atom is 0.339 e. The molecule has 0 N–H and O–H groups in total. The van der Waals surface area contributed by atoms with E-state index in [1.165, 1.54) is 22.5 Å². The molecule has 0 saturated carbocycles. The molecule has 0 spiro atoms. The summed E-state index contributed by atoms with van der Waals surface area (Å²) in [4.78, 5) is 12.6. The average molecular weight is 398 g/mol. The summed E-state index contributed by atoms with van der Waals surface area (Å²) < 4.78 is 32.3. The Labute approximate surface area is 160 Å². The topological polar surface area (TPSA) is 63.7 Å². The number of carbonyl (C=O) groups excluding carboxylic acids is 1. The Kier molecular flexibility index (Phi) is 6.05. The van der Waals surface area contributed by atoms with Crippen molar-refractivity contribution in [3.63, 3.8) is 0 Å². The molecule has 1 aliphatic heterocycles. The zero-order valence-electron chi connectivity index (χ0n) is 14.9. The molecule has 3 rings (SSSR count). The van der Waals surface area contributed by atoms with Crippen molar-refractivity contribution >= 4 is 27.6 Å². The van der Waals surface area contributed by atoms with Gasteiger partial charge in [0.15, 0.2) is 0 Å². The lowest BCUT2D eigenvalue weighted by molar-refractivity contribution is 0.0395. The smallest absolute Gasteiger partial charge is 0.339 e. The number of hydrogen-bond donors (Lipinski definition) is 0. The highest BCUT2D eigenvalue weighted by molar-refractivity contribution is 7.89. The molecule has 1 aromatic rings. The van der Waals surface area contributed by atoms with Gasteiger partial charge in [-0.2, -0.15) is 4.31 Å². The van der Waals surface area contributed by atoms with E-state index in [1.54, 1.807) is 0 Å². The van der Waals surface area contributed by atoms with Crippen molar-refractivity contribution in [1.29, 1.82) is 0 Å². The van der Waals surface area contributed by atoms with Crippen molar-refractivity contribution in [2.75, 3.05) is 19.7 Å². The largest absolute Gasteiger partial charge is 0.462 e. The zero-order valence-corrected chi connectivity index (χ0v) is 16.4. The summed E-state index contributed by atoms with van der Waals surface area (Å²) in [6, 6.07) is 4.23. The van der Waals surface area contributed by atoms with Crippen molar-refractivity contribution in [3.8, 4) is 0 Å². The monoisotopic (exact) mass is 397 g/mol. The predicted octanol–water partition coefficient (Wildman–Crippen LogP) is 3.88. The van der Waals surface area contributed by atoms with Crippen molar-refractivity contribution in [3.05, 3.63) is 40.9 Å². The van der Waals surface area contributed by atoms with Crippen LogP contribution in [-0.4, -0.2) is 38.4 Å². The van der Waals surface area contributed by atoms with Crippen LogP contribution in [0.5, 0.6) is 0 Å². The average Bonchev–Trinajstić information content (AvgIpc) is 3.16. The first-order valence-corrected chi connectivity index (χ1v) is 10.8. The third kappa shape index (κ3) is 4.13. The molecule has 1 heterocycles. The van der Waals surface area contributed by atoms with Crippen LogP contribution >= 0.6 is 11.6 Å². The summed E-state index contributed by atoms with van der Waals surface area (Å²) in [5, 5.41) is 0.201. The second kappa shape index (κ2) is 8.11. The normalized spacial score (nSPS) is 23.9. The molecular weight excluding hydrogens is 374 g/mol. The predicted molar refractivity (Wildman–Crippen MR) is 101 cm³/mol. The number of rotatable bonds is 5. The Morgan fingerprint density at radius 2 is 1.92 bits per heavy atom. The molecule has 2 unspecified atom stereocenters. The van der Waals surface area contributed by atoms with Gasteiger partial charge in [0.2, 0.25) is 10.0 Å². The van der Waals surface area contributed by atoms with Gasteiger partial charge < -0.3 is 4.74 Å². The van der Waals surface area contributed by atoms with Crippen molar-refractivity contribution in [2.45, 2.75) is 37.5 Å². The number of ether oxygens (including phenoxy) is 1. The van der Waals surface area contributed by atoms with Crippen LogP contribution in [-0.2, 0) is 14.8 Å². The van der Waals surface area contributed by atoms with Gasteiger partial charge in [-0.3, -0.25) is 0 Å². The van der Waals surface area contributed by atoms with Crippen LogP contribution in [0.15, 0.2) is 35.2 Å². The van der Waals surface area contributed by atoms with Gasteiger partial charge >= 0.3 is 5.97 Å². The van der Waals surface area contributed by atoms with E-state index >= 15 is 0 Å². The van der Waals surface area contributed by atoms with Crippen LogP contribution in [0.2, 0.25) is 5.02 Å². The Hall–Kier alpha value is -1.37. The third-order valence-electron chi connectivity index (χ3n) is 5.21. The highest BCUT2D eigenvalue weighted by Crippen LogP contribution is 2.28. The van der Waals surface area contributed by atoms with Gasteiger partial charge in [-0.15, -0.1) is 0 Å². The van der Waals surface area contributed by atoms with Crippen LogP contribution in [0.25, 0.3) is 0 Å². The molecule has 2 atom stereocenters. The summed E-state index contributed by atoms with van der Waals surface area (Å²) in [7, 11) is -3.60. The van der Waals surface area contributed by atoms with E-state index in [1.807, 2.05) is 0 Å². The van der Waals surface area contributed by atoms with E-state index in [9.17, 15) is 13.2 Å². The van der Waals surface area contributed by atoms with Gasteiger partial charge in [-0.25, -0.2) is 13.2 Å². The molecule has 1 saturated heterocycles. The van der Waals surface area contributed by atoms with Crippen LogP contribution in [0, 0.1) is 11.8 Å². The first-order chi connectivity index (χ1) is 12.4. The second-order valence-electron chi connectivity index (χ2n) is 7.03. The molecule has 1 aliphatic carbocycles. The van der Waals surface area contributed by atoms with Gasteiger partial charge in [0.25, 0.3) is 0 Å². The summed E-state index contributed by atoms with van der Waals surface area (Å²) >= 11 is 6.13. The van der Waals surface area contributed by atoms with Gasteiger partial charge in [-0.1, -0.05) is 30.7 Å². The van der Waals surface area contributed by atoms with Gasteiger partial charge in [-0.05, 0) is 55.7 Å². The molecule has 142 valence electrons. The summed E-state index contributed by atoms with van der Waals surface area (Å²) in [6.07, 6.45) is 7.82. The number of esters is 1. The molecule has 0 bridgehead atoms. The van der Waals surface area contributed by atoms with Crippen molar-refractivity contribution in [1.82, 2.24) is 4.31 Å². The first-order valence-electron chi connectivity index (χ1n) is 9.01. The highest BCUT2D eigenvalue weighted by atomic mass is 35.5. The summed E-state index contributed by atoms with van der Waals surface area (Å²) in [6.45, 7) is 3.47. The lowest BCUT2D eigenvalue weighted by atomic mass is 9.85. The third-order valence-corrected chi connectivity index (χ3v) is 7.43. The van der Waals surface area contributed by atoms with Crippen molar-refractivity contribution < 1.29 is 17.9 Å². The minimum absolute atomic E-state index is 0.0877. The number of allylic oxidation sites excluding steroid dienone is 2. The lowest BCUT2D eigenvalue weighted by Crippen LogP contribution is -2.28. The molecule has 26 heavy (non-hydrogen) atoms. The Morgan fingerprint density at radius 3 is 2.62 bits per heavy atom. The minimum atomic E-state index is -3.60. The number of benzene rings is 1. The van der Waals surface area contributed by atoms with Gasteiger partial charge in [0, 0.05) is 13.1 Å². The molecule has 5 nitrogen and oxygen atoms in total. The molecule has 0 radical (unpaired) electrons. The number of halogens is 1.